The Hall–Kier alpha value is -1.27. The zero-order valence-electron chi connectivity index (χ0n) is 11.3. The Labute approximate surface area is 137 Å². The number of halogens is 2. The Bertz CT molecular complexity index is 657. The van der Waals surface area contributed by atoms with Gasteiger partial charge in [-0.2, -0.15) is 0 Å². The molecule has 0 bridgehead atoms. The molecule has 21 heavy (non-hydrogen) atoms. The standard InChI is InChI=1S/C14H15Cl2N3OS/c1-8(12-4-5-13(16)21-12)18-7-10-3-2-9(6-11(10)15)14(17)19-20/h2-6,8,18,20H,7H2,1H3,(H2,17,19). The van der Waals surface area contributed by atoms with Crippen LogP contribution in [0.1, 0.15) is 29.0 Å². The Kier molecular flexibility index (Phi) is 5.47. The lowest BCUT2D eigenvalue weighted by Crippen LogP contribution is -2.18. The van der Waals surface area contributed by atoms with Crippen LogP contribution in [0.15, 0.2) is 35.5 Å². The number of nitrogens with zero attached hydrogens (tertiary/aromatic N) is 1. The minimum Gasteiger partial charge on any atom is -0.409 e. The number of hydrogen-bond donors (Lipinski definition) is 3. The Morgan fingerprint density at radius 1 is 1.38 bits per heavy atom. The number of nitrogens with one attached hydrogen (secondary N) is 1. The highest BCUT2D eigenvalue weighted by Gasteiger charge is 2.10. The number of oxime groups is 1. The third-order valence-corrected chi connectivity index (χ3v) is 4.84. The lowest BCUT2D eigenvalue weighted by atomic mass is 10.1. The first-order valence-electron chi connectivity index (χ1n) is 6.26. The molecule has 0 aliphatic carbocycles. The number of amidine groups is 1. The zero-order valence-corrected chi connectivity index (χ0v) is 13.6. The molecule has 0 aliphatic rings. The van der Waals surface area contributed by atoms with Crippen molar-refractivity contribution in [3.8, 4) is 0 Å². The van der Waals surface area contributed by atoms with E-state index in [-0.39, 0.29) is 11.9 Å². The Morgan fingerprint density at radius 3 is 2.71 bits per heavy atom. The van der Waals surface area contributed by atoms with Gasteiger partial charge in [0.15, 0.2) is 5.84 Å². The monoisotopic (exact) mass is 343 g/mol. The van der Waals surface area contributed by atoms with Crippen molar-refractivity contribution in [1.29, 1.82) is 0 Å². The molecule has 1 heterocycles. The van der Waals surface area contributed by atoms with E-state index in [4.69, 9.17) is 34.1 Å². The van der Waals surface area contributed by atoms with Crippen LogP contribution in [0.2, 0.25) is 9.36 Å². The summed E-state index contributed by atoms with van der Waals surface area (Å²) in [6, 6.07) is 9.39. The van der Waals surface area contributed by atoms with Crippen LogP contribution in [0.5, 0.6) is 0 Å². The smallest absolute Gasteiger partial charge is 0.170 e. The van der Waals surface area contributed by atoms with E-state index in [9.17, 15) is 0 Å². The van der Waals surface area contributed by atoms with Gasteiger partial charge in [-0.3, -0.25) is 0 Å². The van der Waals surface area contributed by atoms with E-state index in [2.05, 4.69) is 17.4 Å². The van der Waals surface area contributed by atoms with Gasteiger partial charge in [0, 0.05) is 28.0 Å². The molecule has 7 heteroatoms. The predicted molar refractivity (Wildman–Crippen MR) is 88.5 cm³/mol. The van der Waals surface area contributed by atoms with Crippen LogP contribution in [0.4, 0.5) is 0 Å². The van der Waals surface area contributed by atoms with Crippen LogP contribution < -0.4 is 11.1 Å². The molecular formula is C14H15Cl2N3OS. The normalized spacial score (nSPS) is 13.4. The number of rotatable bonds is 5. The highest BCUT2D eigenvalue weighted by Crippen LogP contribution is 2.27. The summed E-state index contributed by atoms with van der Waals surface area (Å²) in [5.41, 5.74) is 7.06. The van der Waals surface area contributed by atoms with E-state index in [0.29, 0.717) is 17.1 Å². The summed E-state index contributed by atoms with van der Waals surface area (Å²) in [4.78, 5) is 1.17. The molecule has 0 saturated carbocycles. The molecule has 1 atom stereocenters. The van der Waals surface area contributed by atoms with Crippen molar-refractivity contribution in [2.75, 3.05) is 0 Å². The average molecular weight is 344 g/mol. The maximum Gasteiger partial charge on any atom is 0.170 e. The van der Waals surface area contributed by atoms with E-state index in [1.54, 1.807) is 23.5 Å². The van der Waals surface area contributed by atoms with Gasteiger partial charge in [0.1, 0.15) is 0 Å². The van der Waals surface area contributed by atoms with E-state index >= 15 is 0 Å². The van der Waals surface area contributed by atoms with Crippen molar-refractivity contribution in [2.24, 2.45) is 10.9 Å². The largest absolute Gasteiger partial charge is 0.409 e. The summed E-state index contributed by atoms with van der Waals surface area (Å²) in [6.07, 6.45) is 0. The maximum absolute atomic E-state index is 8.65. The molecule has 0 aliphatic heterocycles. The molecular weight excluding hydrogens is 329 g/mol. The molecule has 0 radical (unpaired) electrons. The summed E-state index contributed by atoms with van der Waals surface area (Å²) in [5.74, 6) is 0.0398. The quantitative estimate of drug-likeness (QED) is 0.332. The second-order valence-electron chi connectivity index (χ2n) is 4.54. The molecule has 0 fully saturated rings. The molecule has 1 unspecified atom stereocenters. The molecule has 4 N–H and O–H groups in total. The summed E-state index contributed by atoms with van der Waals surface area (Å²) in [7, 11) is 0. The van der Waals surface area contributed by atoms with Gasteiger partial charge in [0.2, 0.25) is 0 Å². The molecule has 0 spiro atoms. The fourth-order valence-corrected chi connectivity index (χ4v) is 3.17. The van der Waals surface area contributed by atoms with E-state index in [1.807, 2.05) is 18.2 Å². The Morgan fingerprint density at radius 2 is 2.14 bits per heavy atom. The fourth-order valence-electron chi connectivity index (χ4n) is 1.83. The van der Waals surface area contributed by atoms with Crippen molar-refractivity contribution < 1.29 is 5.21 Å². The van der Waals surface area contributed by atoms with Crippen molar-refractivity contribution in [1.82, 2.24) is 5.32 Å². The van der Waals surface area contributed by atoms with Gasteiger partial charge in [0.05, 0.1) is 4.34 Å². The number of benzene rings is 1. The highest BCUT2D eigenvalue weighted by atomic mass is 35.5. The zero-order chi connectivity index (χ0) is 15.4. The number of hydrogen-bond acceptors (Lipinski definition) is 4. The SMILES string of the molecule is CC(NCc1ccc(/C(N)=N/O)cc1Cl)c1ccc(Cl)s1. The number of nitrogens with two attached hydrogens (primary N) is 1. The topological polar surface area (TPSA) is 70.6 Å². The van der Waals surface area contributed by atoms with E-state index in [0.717, 1.165) is 9.90 Å². The van der Waals surface area contributed by atoms with Crippen molar-refractivity contribution in [3.63, 3.8) is 0 Å². The molecule has 0 saturated heterocycles. The van der Waals surface area contributed by atoms with Gasteiger partial charge in [-0.05, 0) is 30.7 Å². The van der Waals surface area contributed by atoms with Gasteiger partial charge < -0.3 is 16.3 Å². The maximum atomic E-state index is 8.65. The van der Waals surface area contributed by atoms with Crippen LogP contribution in [0.3, 0.4) is 0 Å². The Balaban J connectivity index is 2.03. The molecule has 0 amide bonds. The first kappa shape index (κ1) is 16.1. The summed E-state index contributed by atoms with van der Waals surface area (Å²) < 4.78 is 0.778. The molecule has 1 aromatic heterocycles. The van der Waals surface area contributed by atoms with Gasteiger partial charge in [0.25, 0.3) is 0 Å². The predicted octanol–water partition coefficient (Wildman–Crippen LogP) is 4.00. The second-order valence-corrected chi connectivity index (χ2v) is 6.69. The molecule has 112 valence electrons. The minimum atomic E-state index is 0.0398. The average Bonchev–Trinajstić information content (AvgIpc) is 2.91. The van der Waals surface area contributed by atoms with Gasteiger partial charge >= 0.3 is 0 Å². The molecule has 2 aromatic rings. The first-order valence-corrected chi connectivity index (χ1v) is 7.83. The van der Waals surface area contributed by atoms with Gasteiger partial charge in [-0.25, -0.2) is 0 Å². The van der Waals surface area contributed by atoms with Gasteiger partial charge in [-0.1, -0.05) is 40.5 Å². The summed E-state index contributed by atoms with van der Waals surface area (Å²) in [6.45, 7) is 2.69. The van der Waals surface area contributed by atoms with Crippen LogP contribution in [0, 0.1) is 0 Å². The second kappa shape index (κ2) is 7.13. The van der Waals surface area contributed by atoms with Crippen LogP contribution in [-0.2, 0) is 6.54 Å². The van der Waals surface area contributed by atoms with Crippen LogP contribution >= 0.6 is 34.5 Å². The first-order chi connectivity index (χ1) is 10.0. The van der Waals surface area contributed by atoms with Crippen molar-refractivity contribution >= 4 is 40.4 Å². The lowest BCUT2D eigenvalue weighted by molar-refractivity contribution is 0.318. The van der Waals surface area contributed by atoms with Crippen molar-refractivity contribution in [2.45, 2.75) is 19.5 Å². The fraction of sp³-hybridized carbons (Fsp3) is 0.214. The third-order valence-electron chi connectivity index (χ3n) is 3.08. The van der Waals surface area contributed by atoms with E-state index in [1.165, 1.54) is 4.88 Å². The van der Waals surface area contributed by atoms with Gasteiger partial charge in [-0.15, -0.1) is 11.3 Å². The highest BCUT2D eigenvalue weighted by molar-refractivity contribution is 7.16. The molecule has 4 nitrogen and oxygen atoms in total. The van der Waals surface area contributed by atoms with Crippen LogP contribution in [-0.4, -0.2) is 11.0 Å². The third kappa shape index (κ3) is 4.11. The van der Waals surface area contributed by atoms with Crippen LogP contribution in [0.25, 0.3) is 0 Å². The summed E-state index contributed by atoms with van der Waals surface area (Å²) >= 11 is 13.7. The van der Waals surface area contributed by atoms with E-state index < -0.39 is 0 Å². The lowest BCUT2D eigenvalue weighted by Gasteiger charge is -2.13. The molecule has 2 rings (SSSR count). The summed E-state index contributed by atoms with van der Waals surface area (Å²) in [5, 5.41) is 15.6. The van der Waals surface area contributed by atoms with Crippen molar-refractivity contribution in [3.05, 3.63) is 55.7 Å². The molecule has 1 aromatic carbocycles. The minimum absolute atomic E-state index is 0.0398. The number of thiophene rings is 1.